The molecule has 0 saturated carbocycles. The van der Waals surface area contributed by atoms with E-state index in [4.69, 9.17) is 4.74 Å². The zero-order valence-electron chi connectivity index (χ0n) is 11.1. The molecule has 1 aromatic carbocycles. The van der Waals surface area contributed by atoms with Gasteiger partial charge in [0.2, 0.25) is 0 Å². The van der Waals surface area contributed by atoms with Crippen LogP contribution in [0.15, 0.2) is 36.5 Å². The van der Waals surface area contributed by atoms with E-state index in [0.29, 0.717) is 18.5 Å². The van der Waals surface area contributed by atoms with Gasteiger partial charge in [0, 0.05) is 13.5 Å². The van der Waals surface area contributed by atoms with E-state index >= 15 is 0 Å². The molecule has 0 aliphatic rings. The molecule has 19 heavy (non-hydrogen) atoms. The fourth-order valence-electron chi connectivity index (χ4n) is 1.77. The van der Waals surface area contributed by atoms with E-state index in [9.17, 15) is 4.79 Å². The van der Waals surface area contributed by atoms with Gasteiger partial charge >= 0.3 is 0 Å². The number of Topliss-reactive ketones (excluding diaryl/α,β-unsaturated/α-hetero) is 1. The summed E-state index contributed by atoms with van der Waals surface area (Å²) in [5, 5.41) is 7.80. The van der Waals surface area contributed by atoms with Crippen LogP contribution < -0.4 is 0 Å². The predicted octanol–water partition coefficient (Wildman–Crippen LogP) is 2.27. The maximum absolute atomic E-state index is 12.2. The number of hydrogen-bond donors (Lipinski definition) is 0. The number of hydrogen-bond acceptors (Lipinski definition) is 4. The molecule has 0 aliphatic heterocycles. The molecule has 5 nitrogen and oxygen atoms in total. The van der Waals surface area contributed by atoms with E-state index in [-0.39, 0.29) is 11.9 Å². The van der Waals surface area contributed by atoms with Crippen LogP contribution in [0.5, 0.6) is 0 Å². The van der Waals surface area contributed by atoms with Crippen molar-refractivity contribution in [3.63, 3.8) is 0 Å². The van der Waals surface area contributed by atoms with Gasteiger partial charge in [-0.3, -0.25) is 4.79 Å². The highest BCUT2D eigenvalue weighted by Crippen LogP contribution is 2.12. The Hall–Kier alpha value is -2.01. The lowest BCUT2D eigenvalue weighted by atomic mass is 10.1. The molecule has 1 atom stereocenters. The van der Waals surface area contributed by atoms with Crippen molar-refractivity contribution in [3.05, 3.63) is 42.2 Å². The highest BCUT2D eigenvalue weighted by atomic mass is 16.5. The van der Waals surface area contributed by atoms with Crippen molar-refractivity contribution >= 4 is 5.78 Å². The highest BCUT2D eigenvalue weighted by Gasteiger charge is 2.15. The molecular formula is C14H17N3O2. The second-order valence-electron chi connectivity index (χ2n) is 4.37. The first-order chi connectivity index (χ1) is 9.22. The second-order valence-corrected chi connectivity index (χ2v) is 4.37. The maximum atomic E-state index is 12.2. The first kappa shape index (κ1) is 13.4. The molecule has 0 saturated heterocycles. The minimum atomic E-state index is 0.0257. The number of methoxy groups -OCH3 is 1. The molecule has 0 bridgehead atoms. The Balaban J connectivity index is 2.14. The number of nitrogens with zero attached hydrogens (tertiary/aromatic N) is 3. The lowest BCUT2D eigenvalue weighted by Crippen LogP contribution is -2.12. The molecular weight excluding hydrogens is 242 g/mol. The summed E-state index contributed by atoms with van der Waals surface area (Å²) in [6.45, 7) is 1.94. The van der Waals surface area contributed by atoms with Crippen molar-refractivity contribution in [3.8, 4) is 5.69 Å². The largest absolute Gasteiger partial charge is 0.382 e. The first-order valence-corrected chi connectivity index (χ1v) is 6.24. The summed E-state index contributed by atoms with van der Waals surface area (Å²) in [5.74, 6) is 0.0257. The average Bonchev–Trinajstić information content (AvgIpc) is 2.94. The minimum Gasteiger partial charge on any atom is -0.382 e. The van der Waals surface area contributed by atoms with E-state index in [1.54, 1.807) is 11.8 Å². The lowest BCUT2D eigenvalue weighted by Gasteiger charge is -2.09. The van der Waals surface area contributed by atoms with Gasteiger partial charge in [-0.15, -0.1) is 5.10 Å². The lowest BCUT2D eigenvalue weighted by molar-refractivity contribution is 0.0872. The van der Waals surface area contributed by atoms with Crippen molar-refractivity contribution in [2.24, 2.45) is 0 Å². The van der Waals surface area contributed by atoms with Crippen LogP contribution in [-0.2, 0) is 4.74 Å². The third-order valence-corrected chi connectivity index (χ3v) is 3.02. The molecule has 1 heterocycles. The van der Waals surface area contributed by atoms with E-state index in [0.717, 1.165) is 5.69 Å². The van der Waals surface area contributed by atoms with E-state index in [2.05, 4.69) is 10.3 Å². The zero-order valence-corrected chi connectivity index (χ0v) is 11.1. The van der Waals surface area contributed by atoms with Crippen molar-refractivity contribution < 1.29 is 9.53 Å². The quantitative estimate of drug-likeness (QED) is 0.747. The standard InChI is InChI=1S/C14H17N3O2/c1-11(19-2)8-9-14(18)13-10-15-16-17(13)12-6-4-3-5-7-12/h3-7,10-11H,8-9H2,1-2H3. The number of carbonyl (C=O) groups excluding carboxylic acids is 1. The normalized spacial score (nSPS) is 12.3. The molecule has 0 spiro atoms. The second kappa shape index (κ2) is 6.24. The Morgan fingerprint density at radius 3 is 2.79 bits per heavy atom. The molecule has 0 N–H and O–H groups in total. The molecule has 2 aromatic rings. The van der Waals surface area contributed by atoms with Crippen LogP contribution >= 0.6 is 0 Å². The van der Waals surface area contributed by atoms with E-state index < -0.39 is 0 Å². The zero-order chi connectivity index (χ0) is 13.7. The van der Waals surface area contributed by atoms with Crippen molar-refractivity contribution in [2.45, 2.75) is 25.9 Å². The Morgan fingerprint density at radius 2 is 2.11 bits per heavy atom. The van der Waals surface area contributed by atoms with Crippen LogP contribution in [0.2, 0.25) is 0 Å². The summed E-state index contributed by atoms with van der Waals surface area (Å²) in [6.07, 6.45) is 2.70. The molecule has 1 unspecified atom stereocenters. The Bertz CT molecular complexity index is 537. The molecule has 0 amide bonds. The summed E-state index contributed by atoms with van der Waals surface area (Å²) in [5.41, 5.74) is 1.35. The molecule has 100 valence electrons. The van der Waals surface area contributed by atoms with Crippen LogP contribution in [0.1, 0.15) is 30.3 Å². The third-order valence-electron chi connectivity index (χ3n) is 3.02. The topological polar surface area (TPSA) is 57.0 Å². The monoisotopic (exact) mass is 259 g/mol. The summed E-state index contributed by atoms with van der Waals surface area (Å²) in [6, 6.07) is 9.51. The SMILES string of the molecule is COC(C)CCC(=O)c1cnnn1-c1ccccc1. The van der Waals surface area contributed by atoms with Gasteiger partial charge in [0.1, 0.15) is 5.69 Å². The van der Waals surface area contributed by atoms with Gasteiger partial charge in [-0.1, -0.05) is 23.4 Å². The maximum Gasteiger partial charge on any atom is 0.183 e. The van der Waals surface area contributed by atoms with Gasteiger partial charge in [-0.05, 0) is 25.5 Å². The fraction of sp³-hybridized carbons (Fsp3) is 0.357. The Morgan fingerprint density at radius 1 is 1.37 bits per heavy atom. The molecule has 5 heteroatoms. The Kier molecular flexibility index (Phi) is 4.41. The number of benzene rings is 1. The van der Waals surface area contributed by atoms with Gasteiger partial charge in [-0.25, -0.2) is 4.68 Å². The van der Waals surface area contributed by atoms with Crippen molar-refractivity contribution in [1.29, 1.82) is 0 Å². The average molecular weight is 259 g/mol. The van der Waals surface area contributed by atoms with Crippen molar-refractivity contribution in [1.82, 2.24) is 15.0 Å². The molecule has 1 aromatic heterocycles. The highest BCUT2D eigenvalue weighted by molar-refractivity contribution is 5.94. The summed E-state index contributed by atoms with van der Waals surface area (Å²) < 4.78 is 6.71. The number of ketones is 1. The van der Waals surface area contributed by atoms with Crippen LogP contribution in [0, 0.1) is 0 Å². The Labute approximate surface area is 112 Å². The van der Waals surface area contributed by atoms with E-state index in [1.165, 1.54) is 6.20 Å². The molecule has 0 radical (unpaired) electrons. The van der Waals surface area contributed by atoms with Gasteiger partial charge in [0.15, 0.2) is 5.78 Å². The third kappa shape index (κ3) is 3.26. The fourth-order valence-corrected chi connectivity index (χ4v) is 1.77. The number of para-hydroxylation sites is 1. The smallest absolute Gasteiger partial charge is 0.183 e. The molecule has 0 aliphatic carbocycles. The van der Waals surface area contributed by atoms with Gasteiger partial charge in [0.05, 0.1) is 18.0 Å². The van der Waals surface area contributed by atoms with Gasteiger partial charge in [0.25, 0.3) is 0 Å². The number of rotatable bonds is 6. The summed E-state index contributed by atoms with van der Waals surface area (Å²) in [7, 11) is 1.64. The number of aromatic nitrogens is 3. The first-order valence-electron chi connectivity index (χ1n) is 6.24. The van der Waals surface area contributed by atoms with Crippen molar-refractivity contribution in [2.75, 3.05) is 7.11 Å². The van der Waals surface area contributed by atoms with Gasteiger partial charge in [-0.2, -0.15) is 0 Å². The van der Waals surface area contributed by atoms with Crippen LogP contribution in [0.3, 0.4) is 0 Å². The van der Waals surface area contributed by atoms with Crippen LogP contribution in [-0.4, -0.2) is 34.0 Å². The predicted molar refractivity (Wildman–Crippen MR) is 71.4 cm³/mol. The van der Waals surface area contributed by atoms with E-state index in [1.807, 2.05) is 37.3 Å². The van der Waals surface area contributed by atoms with Crippen LogP contribution in [0.4, 0.5) is 0 Å². The molecule has 0 fully saturated rings. The summed E-state index contributed by atoms with van der Waals surface area (Å²) >= 11 is 0. The molecule has 2 rings (SSSR count). The summed E-state index contributed by atoms with van der Waals surface area (Å²) in [4.78, 5) is 12.2. The minimum absolute atomic E-state index is 0.0257. The van der Waals surface area contributed by atoms with Gasteiger partial charge < -0.3 is 4.74 Å². The number of carbonyl (C=O) groups is 1. The van der Waals surface area contributed by atoms with Crippen LogP contribution in [0.25, 0.3) is 5.69 Å². The number of ether oxygens (including phenoxy) is 1.